The number of sulfone groups is 1. The fourth-order valence-corrected chi connectivity index (χ4v) is 5.85. The number of urea groups is 1. The average molecular weight is 336 g/mol. The van der Waals surface area contributed by atoms with Crippen molar-refractivity contribution in [2.75, 3.05) is 18.8 Å². The number of nitrogens with one attached hydrogen (secondary N) is 1. The topological polar surface area (TPSA) is 66.5 Å². The maximum atomic E-state index is 12.4. The lowest BCUT2D eigenvalue weighted by Gasteiger charge is -2.19. The third kappa shape index (κ3) is 3.22. The molecule has 2 heterocycles. The molecule has 2 saturated heterocycles. The highest BCUT2D eigenvalue weighted by Gasteiger charge is 2.47. The van der Waals surface area contributed by atoms with Gasteiger partial charge in [0.1, 0.15) is 0 Å². The zero-order valence-electron chi connectivity index (χ0n) is 13.7. The van der Waals surface area contributed by atoms with Gasteiger partial charge in [0.2, 0.25) is 0 Å². The molecule has 3 rings (SSSR count). The van der Waals surface area contributed by atoms with Crippen molar-refractivity contribution >= 4 is 15.9 Å². The Bertz CT molecular complexity index is 700. The van der Waals surface area contributed by atoms with E-state index in [4.69, 9.17) is 0 Å². The van der Waals surface area contributed by atoms with Crippen molar-refractivity contribution in [2.45, 2.75) is 38.0 Å². The first-order valence-electron chi connectivity index (χ1n) is 8.20. The summed E-state index contributed by atoms with van der Waals surface area (Å²) in [7, 11) is -3.00. The molecule has 1 N–H and O–H groups in total. The van der Waals surface area contributed by atoms with E-state index in [1.807, 2.05) is 18.2 Å². The number of hydrogen-bond acceptors (Lipinski definition) is 3. The highest BCUT2D eigenvalue weighted by Crippen LogP contribution is 2.33. The molecule has 0 bridgehead atoms. The Kier molecular flexibility index (Phi) is 4.36. The van der Waals surface area contributed by atoms with Gasteiger partial charge in [-0.15, -0.1) is 0 Å². The monoisotopic (exact) mass is 336 g/mol. The van der Waals surface area contributed by atoms with Crippen molar-refractivity contribution < 1.29 is 13.2 Å². The molecule has 0 saturated carbocycles. The number of carbonyl (C=O) groups is 1. The molecule has 23 heavy (non-hydrogen) atoms. The molecule has 0 aliphatic carbocycles. The van der Waals surface area contributed by atoms with E-state index >= 15 is 0 Å². The number of carbonyl (C=O) groups excluding carboxylic acids is 1. The maximum absolute atomic E-state index is 12.4. The molecule has 0 aromatic heterocycles. The standard InChI is InChI=1S/C17H24N2O3S/c1-12(2)15-6-4-3-5-13(15)9-18-17(20)19-10-14-7-8-23(21,22)16(14)11-19/h3-6,12,14,16H,7-11H2,1-2H3,(H,18,20)/t14-,16+/m0/s1. The molecular formula is C17H24N2O3S. The molecular weight excluding hydrogens is 312 g/mol. The van der Waals surface area contributed by atoms with Gasteiger partial charge in [0.15, 0.2) is 9.84 Å². The third-order valence-electron chi connectivity index (χ3n) is 5.01. The minimum atomic E-state index is -3.00. The van der Waals surface area contributed by atoms with Gasteiger partial charge in [0.05, 0.1) is 11.0 Å². The molecule has 0 unspecified atom stereocenters. The van der Waals surface area contributed by atoms with Gasteiger partial charge in [0, 0.05) is 19.6 Å². The molecule has 2 amide bonds. The summed E-state index contributed by atoms with van der Waals surface area (Å²) >= 11 is 0. The van der Waals surface area contributed by atoms with E-state index in [0.717, 1.165) is 5.56 Å². The molecule has 0 spiro atoms. The Morgan fingerprint density at radius 2 is 2.04 bits per heavy atom. The zero-order chi connectivity index (χ0) is 16.6. The summed E-state index contributed by atoms with van der Waals surface area (Å²) in [6.07, 6.45) is 0.687. The summed E-state index contributed by atoms with van der Waals surface area (Å²) in [5.74, 6) is 0.799. The van der Waals surface area contributed by atoms with E-state index in [1.165, 1.54) is 5.56 Å². The highest BCUT2D eigenvalue weighted by atomic mass is 32.2. The second-order valence-electron chi connectivity index (χ2n) is 6.87. The Labute approximate surface area is 138 Å². The highest BCUT2D eigenvalue weighted by molar-refractivity contribution is 7.92. The first-order valence-corrected chi connectivity index (χ1v) is 9.92. The number of rotatable bonds is 3. The van der Waals surface area contributed by atoms with Crippen molar-refractivity contribution in [2.24, 2.45) is 5.92 Å². The second-order valence-corrected chi connectivity index (χ2v) is 9.21. The van der Waals surface area contributed by atoms with Crippen LogP contribution < -0.4 is 5.32 Å². The van der Waals surface area contributed by atoms with Crippen molar-refractivity contribution in [1.29, 1.82) is 0 Å². The first kappa shape index (κ1) is 16.3. The normalized spacial score (nSPS) is 25.6. The number of likely N-dealkylation sites (tertiary alicyclic amines) is 1. The Morgan fingerprint density at radius 3 is 2.74 bits per heavy atom. The van der Waals surface area contributed by atoms with E-state index in [9.17, 15) is 13.2 Å². The van der Waals surface area contributed by atoms with Crippen molar-refractivity contribution in [1.82, 2.24) is 10.2 Å². The van der Waals surface area contributed by atoms with Crippen LogP contribution in [0.25, 0.3) is 0 Å². The minimum Gasteiger partial charge on any atom is -0.334 e. The summed E-state index contributed by atoms with van der Waals surface area (Å²) < 4.78 is 23.9. The summed E-state index contributed by atoms with van der Waals surface area (Å²) in [5.41, 5.74) is 2.34. The van der Waals surface area contributed by atoms with Crippen LogP contribution in [0.15, 0.2) is 24.3 Å². The quantitative estimate of drug-likeness (QED) is 0.919. The van der Waals surface area contributed by atoms with Gasteiger partial charge in [-0.25, -0.2) is 13.2 Å². The lowest BCUT2D eigenvalue weighted by molar-refractivity contribution is 0.206. The predicted octanol–water partition coefficient (Wildman–Crippen LogP) is 2.14. The lowest BCUT2D eigenvalue weighted by atomic mass is 9.97. The van der Waals surface area contributed by atoms with Crippen LogP contribution in [0.1, 0.15) is 37.3 Å². The summed E-state index contributed by atoms with van der Waals surface area (Å²) in [5, 5.41) is 2.59. The van der Waals surface area contributed by atoms with Crippen LogP contribution in [0.4, 0.5) is 4.79 Å². The molecule has 1 aromatic rings. The predicted molar refractivity (Wildman–Crippen MR) is 90.0 cm³/mol. The summed E-state index contributed by atoms with van der Waals surface area (Å²) in [6.45, 7) is 5.64. The van der Waals surface area contributed by atoms with E-state index in [-0.39, 0.29) is 23.0 Å². The van der Waals surface area contributed by atoms with Gasteiger partial charge >= 0.3 is 6.03 Å². The third-order valence-corrected chi connectivity index (χ3v) is 7.27. The maximum Gasteiger partial charge on any atom is 0.317 e. The number of amides is 2. The van der Waals surface area contributed by atoms with E-state index in [1.54, 1.807) is 4.90 Å². The largest absolute Gasteiger partial charge is 0.334 e. The molecule has 1 aromatic carbocycles. The number of hydrogen-bond donors (Lipinski definition) is 1. The van der Waals surface area contributed by atoms with Gasteiger partial charge in [-0.05, 0) is 29.4 Å². The molecule has 2 aliphatic rings. The lowest BCUT2D eigenvalue weighted by Crippen LogP contribution is -2.39. The molecule has 6 heteroatoms. The smallest absolute Gasteiger partial charge is 0.317 e. The molecule has 126 valence electrons. The molecule has 2 aliphatic heterocycles. The van der Waals surface area contributed by atoms with Crippen LogP contribution in [0.3, 0.4) is 0 Å². The van der Waals surface area contributed by atoms with Gasteiger partial charge in [-0.3, -0.25) is 0 Å². The number of nitrogens with zero attached hydrogens (tertiary/aromatic N) is 1. The van der Waals surface area contributed by atoms with Crippen LogP contribution in [-0.4, -0.2) is 43.4 Å². The minimum absolute atomic E-state index is 0.119. The van der Waals surface area contributed by atoms with Gasteiger partial charge in [0.25, 0.3) is 0 Å². The van der Waals surface area contributed by atoms with E-state index in [0.29, 0.717) is 32.0 Å². The summed E-state index contributed by atoms with van der Waals surface area (Å²) in [4.78, 5) is 14.0. The van der Waals surface area contributed by atoms with Gasteiger partial charge in [-0.2, -0.15) is 0 Å². The van der Waals surface area contributed by atoms with Gasteiger partial charge in [-0.1, -0.05) is 38.1 Å². The van der Waals surface area contributed by atoms with Crippen molar-refractivity contribution in [3.05, 3.63) is 35.4 Å². The Hall–Kier alpha value is -1.56. The summed E-state index contributed by atoms with van der Waals surface area (Å²) in [6, 6.07) is 7.93. The van der Waals surface area contributed by atoms with Crippen LogP contribution in [0, 0.1) is 5.92 Å². The van der Waals surface area contributed by atoms with E-state index < -0.39 is 9.84 Å². The van der Waals surface area contributed by atoms with Crippen LogP contribution in [-0.2, 0) is 16.4 Å². The fourth-order valence-electron chi connectivity index (χ4n) is 3.70. The first-order chi connectivity index (χ1) is 10.9. The van der Waals surface area contributed by atoms with Crippen molar-refractivity contribution in [3.63, 3.8) is 0 Å². The number of fused-ring (bicyclic) bond motifs is 1. The van der Waals surface area contributed by atoms with Crippen molar-refractivity contribution in [3.8, 4) is 0 Å². The van der Waals surface area contributed by atoms with Crippen LogP contribution in [0.2, 0.25) is 0 Å². The van der Waals surface area contributed by atoms with Crippen LogP contribution in [0.5, 0.6) is 0 Å². The molecule has 5 nitrogen and oxygen atoms in total. The zero-order valence-corrected chi connectivity index (χ0v) is 14.5. The van der Waals surface area contributed by atoms with Crippen LogP contribution >= 0.6 is 0 Å². The molecule has 2 fully saturated rings. The van der Waals surface area contributed by atoms with E-state index in [2.05, 4.69) is 25.2 Å². The fraction of sp³-hybridized carbons (Fsp3) is 0.588. The molecule has 0 radical (unpaired) electrons. The molecule has 2 atom stereocenters. The van der Waals surface area contributed by atoms with Gasteiger partial charge < -0.3 is 10.2 Å². The average Bonchev–Trinajstić information content (AvgIpc) is 3.06. The second kappa shape index (κ2) is 6.15. The Balaban J connectivity index is 1.61. The Morgan fingerprint density at radius 1 is 1.30 bits per heavy atom. The number of benzene rings is 1. The SMILES string of the molecule is CC(C)c1ccccc1CNC(=O)N1C[C@@H]2CCS(=O)(=O)[C@@H]2C1.